The number of amides is 1. The average molecular weight is 386 g/mol. The molecule has 2 aliphatic heterocycles. The first kappa shape index (κ1) is 23.9. The molecule has 24 heavy (non-hydrogen) atoms. The molecule has 2 atom stereocenters. The van der Waals surface area contributed by atoms with Crippen molar-refractivity contribution in [2.45, 2.75) is 38.8 Å². The standard InChI is InChI=1S/C16H31N3O3.2ClH/c1-3-15-12-19(7-6-18(15)8-10-21-4-2)16(20)11-14-13-22-9-5-17-14;;/h14-15,17H,3-13H2,1-2H3;2*1H. The quantitative estimate of drug-likeness (QED) is 0.666. The number of nitrogens with one attached hydrogen (secondary N) is 1. The van der Waals surface area contributed by atoms with Crippen LogP contribution in [0.5, 0.6) is 0 Å². The highest BCUT2D eigenvalue weighted by molar-refractivity contribution is 5.85. The summed E-state index contributed by atoms with van der Waals surface area (Å²) in [5, 5.41) is 3.36. The summed E-state index contributed by atoms with van der Waals surface area (Å²) >= 11 is 0. The zero-order valence-electron chi connectivity index (χ0n) is 14.9. The summed E-state index contributed by atoms with van der Waals surface area (Å²) in [6.07, 6.45) is 1.62. The maximum Gasteiger partial charge on any atom is 0.224 e. The molecule has 2 aliphatic rings. The largest absolute Gasteiger partial charge is 0.380 e. The Hall–Kier alpha value is -0.110. The van der Waals surface area contributed by atoms with Crippen molar-refractivity contribution in [3.8, 4) is 0 Å². The third-order valence-electron chi connectivity index (χ3n) is 4.58. The van der Waals surface area contributed by atoms with Crippen molar-refractivity contribution < 1.29 is 14.3 Å². The van der Waals surface area contributed by atoms with E-state index in [1.165, 1.54) is 0 Å². The molecule has 6 nitrogen and oxygen atoms in total. The monoisotopic (exact) mass is 385 g/mol. The number of hydrogen-bond donors (Lipinski definition) is 1. The van der Waals surface area contributed by atoms with Crippen LogP contribution in [0.4, 0.5) is 0 Å². The average Bonchev–Trinajstić information content (AvgIpc) is 2.56. The van der Waals surface area contributed by atoms with E-state index in [0.717, 1.165) is 59.0 Å². The van der Waals surface area contributed by atoms with E-state index in [2.05, 4.69) is 17.1 Å². The Morgan fingerprint density at radius 3 is 2.71 bits per heavy atom. The molecule has 0 spiro atoms. The minimum absolute atomic E-state index is 0. The van der Waals surface area contributed by atoms with Crippen LogP contribution in [-0.2, 0) is 14.3 Å². The minimum atomic E-state index is 0. The predicted molar refractivity (Wildman–Crippen MR) is 100 cm³/mol. The SMILES string of the molecule is CCOCCN1CCN(C(=O)CC2COCCN2)CC1CC.Cl.Cl. The smallest absolute Gasteiger partial charge is 0.224 e. The van der Waals surface area contributed by atoms with Crippen LogP contribution in [-0.4, -0.2) is 86.9 Å². The number of ether oxygens (including phenoxy) is 2. The fourth-order valence-corrected chi connectivity index (χ4v) is 3.22. The van der Waals surface area contributed by atoms with Gasteiger partial charge in [-0.3, -0.25) is 9.69 Å². The molecule has 2 rings (SSSR count). The van der Waals surface area contributed by atoms with Crippen LogP contribution in [0.3, 0.4) is 0 Å². The predicted octanol–water partition coefficient (Wildman–Crippen LogP) is 1.17. The van der Waals surface area contributed by atoms with Crippen LogP contribution >= 0.6 is 24.8 Å². The van der Waals surface area contributed by atoms with Crippen molar-refractivity contribution in [3.05, 3.63) is 0 Å². The lowest BCUT2D eigenvalue weighted by Gasteiger charge is -2.41. The summed E-state index contributed by atoms with van der Waals surface area (Å²) in [5.41, 5.74) is 0. The van der Waals surface area contributed by atoms with E-state index in [1.807, 2.05) is 11.8 Å². The molecule has 1 N–H and O–H groups in total. The Bertz CT molecular complexity index is 345. The van der Waals surface area contributed by atoms with Gasteiger partial charge in [-0.15, -0.1) is 24.8 Å². The van der Waals surface area contributed by atoms with Gasteiger partial charge in [-0.1, -0.05) is 6.92 Å². The van der Waals surface area contributed by atoms with Crippen molar-refractivity contribution in [3.63, 3.8) is 0 Å². The van der Waals surface area contributed by atoms with E-state index in [9.17, 15) is 4.79 Å². The first-order valence-electron chi connectivity index (χ1n) is 8.65. The molecule has 0 bridgehead atoms. The van der Waals surface area contributed by atoms with E-state index in [1.54, 1.807) is 0 Å². The zero-order chi connectivity index (χ0) is 15.8. The van der Waals surface area contributed by atoms with E-state index in [0.29, 0.717) is 19.1 Å². The van der Waals surface area contributed by atoms with Crippen LogP contribution in [0.2, 0.25) is 0 Å². The lowest BCUT2D eigenvalue weighted by molar-refractivity contribution is -0.135. The molecule has 0 aromatic carbocycles. The summed E-state index contributed by atoms with van der Waals surface area (Å²) < 4.78 is 10.9. The van der Waals surface area contributed by atoms with Gasteiger partial charge in [-0.2, -0.15) is 0 Å². The Kier molecular flexibility index (Phi) is 13.1. The fraction of sp³-hybridized carbons (Fsp3) is 0.938. The first-order chi connectivity index (χ1) is 10.7. The Labute approximate surface area is 158 Å². The molecular weight excluding hydrogens is 353 g/mol. The molecule has 0 aromatic rings. The van der Waals surface area contributed by atoms with Gasteiger partial charge in [-0.25, -0.2) is 0 Å². The van der Waals surface area contributed by atoms with Crippen LogP contribution in [0, 0.1) is 0 Å². The van der Waals surface area contributed by atoms with Crippen molar-refractivity contribution in [1.82, 2.24) is 15.1 Å². The molecule has 2 heterocycles. The minimum Gasteiger partial charge on any atom is -0.380 e. The van der Waals surface area contributed by atoms with Gasteiger partial charge in [0, 0.05) is 57.8 Å². The molecule has 0 aromatic heterocycles. The number of hydrogen-bond acceptors (Lipinski definition) is 5. The maximum atomic E-state index is 12.5. The summed E-state index contributed by atoms with van der Waals surface area (Å²) in [6.45, 7) is 11.6. The summed E-state index contributed by atoms with van der Waals surface area (Å²) in [5.74, 6) is 0.255. The van der Waals surface area contributed by atoms with Crippen molar-refractivity contribution >= 4 is 30.7 Å². The number of carbonyl (C=O) groups excluding carboxylic acids is 1. The molecule has 1 amide bonds. The van der Waals surface area contributed by atoms with Gasteiger partial charge in [-0.05, 0) is 13.3 Å². The van der Waals surface area contributed by atoms with Gasteiger partial charge < -0.3 is 19.7 Å². The molecule has 2 unspecified atom stereocenters. The lowest BCUT2D eigenvalue weighted by Crippen LogP contribution is -2.56. The highest BCUT2D eigenvalue weighted by Gasteiger charge is 2.29. The van der Waals surface area contributed by atoms with E-state index in [-0.39, 0.29) is 36.8 Å². The van der Waals surface area contributed by atoms with E-state index < -0.39 is 0 Å². The first-order valence-corrected chi connectivity index (χ1v) is 8.65. The number of halogens is 2. The second kappa shape index (κ2) is 13.1. The maximum absolute atomic E-state index is 12.5. The number of nitrogens with zero attached hydrogens (tertiary/aromatic N) is 2. The molecule has 144 valence electrons. The number of rotatable bonds is 7. The van der Waals surface area contributed by atoms with Crippen molar-refractivity contribution in [2.24, 2.45) is 0 Å². The summed E-state index contributed by atoms with van der Waals surface area (Å²) in [7, 11) is 0. The van der Waals surface area contributed by atoms with Gasteiger partial charge in [0.05, 0.1) is 19.8 Å². The van der Waals surface area contributed by atoms with Crippen LogP contribution in [0.1, 0.15) is 26.7 Å². The molecule has 0 aliphatic carbocycles. The number of morpholine rings is 1. The molecular formula is C16H33Cl2N3O3. The molecule has 2 fully saturated rings. The Morgan fingerprint density at radius 2 is 2.08 bits per heavy atom. The topological polar surface area (TPSA) is 54.0 Å². The second-order valence-corrected chi connectivity index (χ2v) is 6.06. The highest BCUT2D eigenvalue weighted by atomic mass is 35.5. The molecule has 0 saturated carbocycles. The molecule has 0 radical (unpaired) electrons. The van der Waals surface area contributed by atoms with Crippen LogP contribution in [0.25, 0.3) is 0 Å². The fourth-order valence-electron chi connectivity index (χ4n) is 3.22. The molecule has 8 heteroatoms. The number of piperazine rings is 1. The third-order valence-corrected chi connectivity index (χ3v) is 4.58. The Balaban J connectivity index is 0.00000264. The zero-order valence-corrected chi connectivity index (χ0v) is 16.5. The Morgan fingerprint density at radius 1 is 1.29 bits per heavy atom. The second-order valence-electron chi connectivity index (χ2n) is 6.06. The van der Waals surface area contributed by atoms with Gasteiger partial charge in [0.2, 0.25) is 5.91 Å². The number of carbonyl (C=O) groups is 1. The summed E-state index contributed by atoms with van der Waals surface area (Å²) in [4.78, 5) is 17.0. The van der Waals surface area contributed by atoms with E-state index in [4.69, 9.17) is 9.47 Å². The van der Waals surface area contributed by atoms with Gasteiger partial charge in [0.1, 0.15) is 0 Å². The van der Waals surface area contributed by atoms with Crippen LogP contribution in [0.15, 0.2) is 0 Å². The van der Waals surface area contributed by atoms with Crippen molar-refractivity contribution in [2.75, 3.05) is 59.2 Å². The van der Waals surface area contributed by atoms with Gasteiger partial charge in [0.15, 0.2) is 0 Å². The van der Waals surface area contributed by atoms with Gasteiger partial charge >= 0.3 is 0 Å². The van der Waals surface area contributed by atoms with Crippen LogP contribution < -0.4 is 5.32 Å². The van der Waals surface area contributed by atoms with Gasteiger partial charge in [0.25, 0.3) is 0 Å². The van der Waals surface area contributed by atoms with E-state index >= 15 is 0 Å². The summed E-state index contributed by atoms with van der Waals surface area (Å²) in [6, 6.07) is 0.631. The van der Waals surface area contributed by atoms with Crippen molar-refractivity contribution in [1.29, 1.82) is 0 Å². The highest BCUT2D eigenvalue weighted by Crippen LogP contribution is 2.14. The third kappa shape index (κ3) is 7.42. The normalized spacial score (nSPS) is 24.8. The molecule has 2 saturated heterocycles. The lowest BCUT2D eigenvalue weighted by atomic mass is 10.1.